The number of nitrogens with zero attached hydrogens (tertiary/aromatic N) is 1. The number of amides is 1. The maximum Gasteiger partial charge on any atom is 0.266 e. The van der Waals surface area contributed by atoms with Crippen molar-refractivity contribution in [2.45, 2.75) is 6.61 Å². The van der Waals surface area contributed by atoms with E-state index < -0.39 is 5.91 Å². The van der Waals surface area contributed by atoms with E-state index >= 15 is 0 Å². The average molecular weight is 511 g/mol. The van der Waals surface area contributed by atoms with Gasteiger partial charge in [0.15, 0.2) is 11.5 Å². The topological polar surface area (TPSA) is 80.6 Å². The number of benzene rings is 3. The van der Waals surface area contributed by atoms with E-state index in [2.05, 4.69) is 21.2 Å². The van der Waals surface area contributed by atoms with Gasteiger partial charge in [0.05, 0.1) is 18.7 Å². The van der Waals surface area contributed by atoms with Crippen molar-refractivity contribution in [3.8, 4) is 23.3 Å². The molecular weight excluding hydrogens is 491 g/mol. The number of methoxy groups -OCH3 is 2. The van der Waals surface area contributed by atoms with Gasteiger partial charge in [0.25, 0.3) is 5.91 Å². The van der Waals surface area contributed by atoms with Crippen molar-refractivity contribution in [1.29, 1.82) is 5.26 Å². The summed E-state index contributed by atoms with van der Waals surface area (Å²) in [6, 6.07) is 18.3. The lowest BCUT2D eigenvalue weighted by molar-refractivity contribution is -0.112. The molecule has 168 valence electrons. The fourth-order valence-corrected chi connectivity index (χ4v) is 3.49. The van der Waals surface area contributed by atoms with E-state index in [1.807, 2.05) is 6.07 Å². The first-order chi connectivity index (χ1) is 15.9. The minimum atomic E-state index is -0.558. The third-order valence-corrected chi connectivity index (χ3v) is 5.19. The van der Waals surface area contributed by atoms with Crippen molar-refractivity contribution in [3.05, 3.63) is 87.7 Å². The number of carbonyl (C=O) groups is 1. The molecule has 1 N–H and O–H groups in total. The number of hydrogen-bond donors (Lipinski definition) is 1. The molecule has 3 rings (SSSR count). The molecule has 8 heteroatoms. The van der Waals surface area contributed by atoms with Gasteiger partial charge >= 0.3 is 0 Å². The van der Waals surface area contributed by atoms with Crippen molar-refractivity contribution >= 4 is 33.6 Å². The molecule has 0 radical (unpaired) electrons. The number of nitriles is 1. The standard InChI is InChI=1S/C25H20BrFN2O4/c1-31-20-9-7-19(8-10-20)29-25(30)18(14-28)11-16-12-21(26)24(23(13-16)32-2)33-15-17-5-3-4-6-22(17)27/h3-13H,15H2,1-2H3,(H,29,30)/b18-11-. The Morgan fingerprint density at radius 2 is 1.85 bits per heavy atom. The molecule has 3 aromatic rings. The van der Waals surface area contributed by atoms with Crippen LogP contribution in [0.5, 0.6) is 17.2 Å². The molecule has 0 spiro atoms. The summed E-state index contributed by atoms with van der Waals surface area (Å²) in [6.07, 6.45) is 1.44. The van der Waals surface area contributed by atoms with E-state index in [1.165, 1.54) is 19.3 Å². The molecule has 0 atom stereocenters. The molecule has 0 unspecified atom stereocenters. The number of rotatable bonds is 8. The Bertz CT molecular complexity index is 1220. The summed E-state index contributed by atoms with van der Waals surface area (Å²) in [5.41, 5.74) is 1.37. The molecule has 0 bridgehead atoms. The van der Waals surface area contributed by atoms with Gasteiger partial charge in [-0.15, -0.1) is 0 Å². The van der Waals surface area contributed by atoms with Gasteiger partial charge < -0.3 is 19.5 Å². The second-order valence-corrected chi connectivity index (χ2v) is 7.62. The summed E-state index contributed by atoms with van der Waals surface area (Å²) < 4.78 is 30.7. The van der Waals surface area contributed by atoms with Crippen LogP contribution in [0.1, 0.15) is 11.1 Å². The van der Waals surface area contributed by atoms with Crippen molar-refractivity contribution in [1.82, 2.24) is 0 Å². The second-order valence-electron chi connectivity index (χ2n) is 6.77. The molecule has 1 amide bonds. The first kappa shape index (κ1) is 23.8. The van der Waals surface area contributed by atoms with Gasteiger partial charge in [0, 0.05) is 11.3 Å². The van der Waals surface area contributed by atoms with Gasteiger partial charge in [0.1, 0.15) is 29.8 Å². The number of nitrogens with one attached hydrogen (secondary N) is 1. The number of halogens is 2. The lowest BCUT2D eigenvalue weighted by Crippen LogP contribution is -2.13. The molecule has 3 aromatic carbocycles. The summed E-state index contributed by atoms with van der Waals surface area (Å²) in [6.45, 7) is 0.00450. The predicted molar refractivity (Wildman–Crippen MR) is 127 cm³/mol. The minimum absolute atomic E-state index is 0.00450. The zero-order valence-corrected chi connectivity index (χ0v) is 19.5. The Hall–Kier alpha value is -3.83. The van der Waals surface area contributed by atoms with Crippen molar-refractivity contribution in [2.24, 2.45) is 0 Å². The highest BCUT2D eigenvalue weighted by molar-refractivity contribution is 9.10. The Balaban J connectivity index is 1.80. The summed E-state index contributed by atoms with van der Waals surface area (Å²) in [7, 11) is 3.01. The normalized spacial score (nSPS) is 10.8. The second kappa shape index (κ2) is 11.2. The molecule has 0 aliphatic heterocycles. The van der Waals surface area contributed by atoms with Gasteiger partial charge in [-0.2, -0.15) is 5.26 Å². The zero-order chi connectivity index (χ0) is 23.8. The van der Waals surface area contributed by atoms with Crippen LogP contribution in [0.2, 0.25) is 0 Å². The number of hydrogen-bond acceptors (Lipinski definition) is 5. The number of ether oxygens (including phenoxy) is 3. The smallest absolute Gasteiger partial charge is 0.266 e. The van der Waals surface area contributed by atoms with E-state index in [0.717, 1.165) is 0 Å². The molecule has 0 aliphatic carbocycles. The Kier molecular flexibility index (Phi) is 8.06. The van der Waals surface area contributed by atoms with Crippen LogP contribution in [0, 0.1) is 17.1 Å². The monoisotopic (exact) mass is 510 g/mol. The van der Waals surface area contributed by atoms with E-state index in [9.17, 15) is 14.4 Å². The van der Waals surface area contributed by atoms with Gasteiger partial charge in [-0.1, -0.05) is 18.2 Å². The van der Waals surface area contributed by atoms with Crippen LogP contribution in [0.4, 0.5) is 10.1 Å². The number of anilines is 1. The Labute approximate surface area is 199 Å². The third kappa shape index (κ3) is 6.11. The highest BCUT2D eigenvalue weighted by Gasteiger charge is 2.15. The van der Waals surface area contributed by atoms with Gasteiger partial charge in [-0.3, -0.25) is 4.79 Å². The van der Waals surface area contributed by atoms with Crippen LogP contribution in [0.25, 0.3) is 6.08 Å². The van der Waals surface area contributed by atoms with Crippen LogP contribution >= 0.6 is 15.9 Å². The summed E-state index contributed by atoms with van der Waals surface area (Å²) >= 11 is 3.42. The molecule has 0 fully saturated rings. The Morgan fingerprint density at radius 3 is 2.48 bits per heavy atom. The van der Waals surface area contributed by atoms with E-state index in [-0.39, 0.29) is 18.0 Å². The predicted octanol–water partition coefficient (Wildman–Crippen LogP) is 5.73. The van der Waals surface area contributed by atoms with Crippen LogP contribution < -0.4 is 19.5 Å². The van der Waals surface area contributed by atoms with E-state index in [1.54, 1.807) is 61.7 Å². The summed E-state index contributed by atoms with van der Waals surface area (Å²) in [4.78, 5) is 12.6. The van der Waals surface area contributed by atoms with Crippen molar-refractivity contribution < 1.29 is 23.4 Å². The van der Waals surface area contributed by atoms with Gasteiger partial charge in [0.2, 0.25) is 0 Å². The fourth-order valence-electron chi connectivity index (χ4n) is 2.92. The SMILES string of the molecule is COc1ccc(NC(=O)/C(C#N)=C\c2cc(Br)c(OCc3ccccc3F)c(OC)c2)cc1. The van der Waals surface area contributed by atoms with E-state index in [0.29, 0.717) is 38.5 Å². The highest BCUT2D eigenvalue weighted by Crippen LogP contribution is 2.38. The van der Waals surface area contributed by atoms with Crippen molar-refractivity contribution in [2.75, 3.05) is 19.5 Å². The Morgan fingerprint density at radius 1 is 1.12 bits per heavy atom. The van der Waals surface area contributed by atoms with Gasteiger partial charge in [-0.25, -0.2) is 4.39 Å². The third-order valence-electron chi connectivity index (χ3n) is 4.61. The first-order valence-corrected chi connectivity index (χ1v) is 10.6. The zero-order valence-electron chi connectivity index (χ0n) is 17.9. The maximum absolute atomic E-state index is 13.9. The van der Waals surface area contributed by atoms with Crippen LogP contribution in [-0.2, 0) is 11.4 Å². The minimum Gasteiger partial charge on any atom is -0.497 e. The summed E-state index contributed by atoms with van der Waals surface area (Å²) in [5.74, 6) is 0.462. The molecular formula is C25H20BrFN2O4. The maximum atomic E-state index is 13.9. The van der Waals surface area contributed by atoms with Crippen LogP contribution in [0.15, 0.2) is 70.7 Å². The molecule has 0 aromatic heterocycles. The quantitative estimate of drug-likeness (QED) is 0.309. The molecule has 6 nitrogen and oxygen atoms in total. The first-order valence-electron chi connectivity index (χ1n) is 9.76. The van der Waals surface area contributed by atoms with Crippen molar-refractivity contribution in [3.63, 3.8) is 0 Å². The molecule has 0 heterocycles. The largest absolute Gasteiger partial charge is 0.497 e. The average Bonchev–Trinajstić information content (AvgIpc) is 2.82. The molecule has 0 saturated heterocycles. The lowest BCUT2D eigenvalue weighted by Gasteiger charge is -2.14. The molecule has 0 aliphatic rings. The van der Waals surface area contributed by atoms with Gasteiger partial charge in [-0.05, 0) is 70.0 Å². The molecule has 0 saturated carbocycles. The van der Waals surface area contributed by atoms with Crippen LogP contribution in [0.3, 0.4) is 0 Å². The van der Waals surface area contributed by atoms with E-state index in [4.69, 9.17) is 14.2 Å². The lowest BCUT2D eigenvalue weighted by atomic mass is 10.1. The van der Waals surface area contributed by atoms with Crippen LogP contribution in [-0.4, -0.2) is 20.1 Å². The summed E-state index contributed by atoms with van der Waals surface area (Å²) in [5, 5.41) is 12.2. The fraction of sp³-hybridized carbons (Fsp3) is 0.120. The highest BCUT2D eigenvalue weighted by atomic mass is 79.9. The molecule has 33 heavy (non-hydrogen) atoms. The number of carbonyl (C=O) groups excluding carboxylic acids is 1.